The molecule has 3 nitrogen and oxygen atoms in total. The molecule has 0 atom stereocenters. The summed E-state index contributed by atoms with van der Waals surface area (Å²) in [4.78, 5) is 0.528. The van der Waals surface area contributed by atoms with Crippen LogP contribution in [0.2, 0.25) is 0 Å². The Morgan fingerprint density at radius 3 is 1.92 bits per heavy atom. The van der Waals surface area contributed by atoms with E-state index in [1.807, 2.05) is 30.3 Å². The summed E-state index contributed by atoms with van der Waals surface area (Å²) in [5, 5.41) is 0. The van der Waals surface area contributed by atoms with E-state index >= 15 is 0 Å². The first-order valence-corrected chi connectivity index (χ1v) is 9.31. The summed E-state index contributed by atoms with van der Waals surface area (Å²) in [7, 11) is -2.07. The van der Waals surface area contributed by atoms with Crippen molar-refractivity contribution in [2.75, 3.05) is 7.11 Å². The van der Waals surface area contributed by atoms with Crippen molar-refractivity contribution in [2.24, 2.45) is 0 Å². The van der Waals surface area contributed by atoms with Crippen molar-refractivity contribution in [2.45, 2.75) is 4.90 Å². The topological polar surface area (TPSA) is 43.4 Å². The number of sulfone groups is 1. The van der Waals surface area contributed by atoms with Crippen LogP contribution in [-0.4, -0.2) is 15.5 Å². The summed E-state index contributed by atoms with van der Waals surface area (Å²) in [5.41, 5.74) is 1.45. The van der Waals surface area contributed by atoms with Gasteiger partial charge in [-0.25, -0.2) is 8.42 Å². The molecular formula is C21H18O3S. The third-order valence-electron chi connectivity index (χ3n) is 3.81. The van der Waals surface area contributed by atoms with E-state index in [9.17, 15) is 8.42 Å². The molecule has 0 aliphatic rings. The van der Waals surface area contributed by atoms with E-state index in [0.29, 0.717) is 11.3 Å². The van der Waals surface area contributed by atoms with Crippen molar-refractivity contribution in [3.63, 3.8) is 0 Å². The van der Waals surface area contributed by atoms with Crippen molar-refractivity contribution in [3.05, 3.63) is 96.1 Å². The summed E-state index contributed by atoms with van der Waals surface area (Å²) >= 11 is 0. The van der Waals surface area contributed by atoms with Gasteiger partial charge in [0.2, 0.25) is 9.84 Å². The predicted molar refractivity (Wildman–Crippen MR) is 101 cm³/mol. The van der Waals surface area contributed by atoms with Crippen LogP contribution in [0.1, 0.15) is 11.1 Å². The van der Waals surface area contributed by atoms with Gasteiger partial charge >= 0.3 is 0 Å². The second kappa shape index (κ2) is 7.36. The van der Waals surface area contributed by atoms with Gasteiger partial charge in [-0.05, 0) is 53.6 Å². The Hall–Kier alpha value is -2.85. The summed E-state index contributed by atoms with van der Waals surface area (Å²) in [6, 6.07) is 24.9. The van der Waals surface area contributed by atoms with Crippen LogP contribution in [0.3, 0.4) is 0 Å². The van der Waals surface area contributed by atoms with Gasteiger partial charge in [0.15, 0.2) is 0 Å². The molecule has 0 fully saturated rings. The van der Waals surface area contributed by atoms with E-state index in [2.05, 4.69) is 0 Å². The molecule has 0 unspecified atom stereocenters. The van der Waals surface area contributed by atoms with Crippen LogP contribution >= 0.6 is 0 Å². The lowest BCUT2D eigenvalue weighted by Gasteiger charge is -2.11. The molecule has 3 aromatic carbocycles. The largest absolute Gasteiger partial charge is 0.497 e. The van der Waals surface area contributed by atoms with Crippen LogP contribution in [0, 0.1) is 0 Å². The van der Waals surface area contributed by atoms with Crippen LogP contribution < -0.4 is 4.74 Å². The summed E-state index contributed by atoms with van der Waals surface area (Å²) in [6.07, 6.45) is 1.70. The third kappa shape index (κ3) is 3.80. The molecule has 126 valence electrons. The molecule has 0 saturated heterocycles. The van der Waals surface area contributed by atoms with Gasteiger partial charge in [-0.2, -0.15) is 0 Å². The smallest absolute Gasteiger partial charge is 0.207 e. The van der Waals surface area contributed by atoms with E-state index in [0.717, 1.165) is 5.56 Å². The molecule has 3 rings (SSSR count). The van der Waals surface area contributed by atoms with Gasteiger partial charge in [0, 0.05) is 0 Å². The highest BCUT2D eigenvalue weighted by Gasteiger charge is 2.22. The van der Waals surface area contributed by atoms with E-state index in [-0.39, 0.29) is 9.80 Å². The molecule has 0 spiro atoms. The predicted octanol–water partition coefficient (Wildman–Crippen LogP) is 4.67. The van der Waals surface area contributed by atoms with Crippen molar-refractivity contribution >= 4 is 20.8 Å². The van der Waals surface area contributed by atoms with Gasteiger partial charge in [-0.3, -0.25) is 0 Å². The molecular weight excluding hydrogens is 332 g/mol. The highest BCUT2D eigenvalue weighted by atomic mass is 32.2. The Kier molecular flexibility index (Phi) is 5.00. The highest BCUT2D eigenvalue weighted by Crippen LogP contribution is 2.31. The van der Waals surface area contributed by atoms with Crippen molar-refractivity contribution in [1.29, 1.82) is 0 Å². The molecule has 25 heavy (non-hydrogen) atoms. The Bertz CT molecular complexity index is 959. The normalized spacial score (nSPS) is 12.0. The van der Waals surface area contributed by atoms with Crippen molar-refractivity contribution in [3.8, 4) is 5.75 Å². The number of methoxy groups -OCH3 is 1. The molecule has 0 amide bonds. The summed E-state index contributed by atoms with van der Waals surface area (Å²) < 4.78 is 31.6. The van der Waals surface area contributed by atoms with Gasteiger partial charge in [-0.1, -0.05) is 48.5 Å². The lowest BCUT2D eigenvalue weighted by Crippen LogP contribution is -2.04. The quantitative estimate of drug-likeness (QED) is 0.628. The van der Waals surface area contributed by atoms with E-state index in [4.69, 9.17) is 4.74 Å². The fourth-order valence-electron chi connectivity index (χ4n) is 2.50. The van der Waals surface area contributed by atoms with Crippen LogP contribution in [0.4, 0.5) is 0 Å². The molecule has 0 radical (unpaired) electrons. The minimum Gasteiger partial charge on any atom is -0.497 e. The second-order valence-corrected chi connectivity index (χ2v) is 7.38. The molecule has 4 heteroatoms. The van der Waals surface area contributed by atoms with Crippen LogP contribution in [-0.2, 0) is 9.84 Å². The van der Waals surface area contributed by atoms with E-state index < -0.39 is 9.84 Å². The first-order valence-electron chi connectivity index (χ1n) is 7.82. The molecule has 3 aromatic rings. The maximum atomic E-state index is 13.2. The number of rotatable bonds is 5. The third-order valence-corrected chi connectivity index (χ3v) is 5.64. The van der Waals surface area contributed by atoms with E-state index in [1.165, 1.54) is 0 Å². The average Bonchev–Trinajstić information content (AvgIpc) is 2.67. The first kappa shape index (κ1) is 17.0. The molecule has 0 N–H and O–H groups in total. The fourth-order valence-corrected chi connectivity index (χ4v) is 4.01. The fraction of sp³-hybridized carbons (Fsp3) is 0.0476. The number of benzene rings is 3. The first-order chi connectivity index (χ1) is 12.1. The van der Waals surface area contributed by atoms with Crippen molar-refractivity contribution in [1.82, 2.24) is 0 Å². The Labute approximate surface area is 148 Å². The zero-order valence-electron chi connectivity index (χ0n) is 13.8. The Morgan fingerprint density at radius 2 is 1.36 bits per heavy atom. The average molecular weight is 350 g/mol. The van der Waals surface area contributed by atoms with Gasteiger partial charge in [0.1, 0.15) is 5.75 Å². The molecule has 0 aliphatic heterocycles. The van der Waals surface area contributed by atoms with E-state index in [1.54, 1.807) is 67.8 Å². The lowest BCUT2D eigenvalue weighted by atomic mass is 10.1. The molecule has 0 bridgehead atoms. The minimum atomic E-state index is -3.65. The van der Waals surface area contributed by atoms with Gasteiger partial charge in [0.05, 0.1) is 16.9 Å². The molecule has 0 heterocycles. The maximum absolute atomic E-state index is 13.2. The Balaban J connectivity index is 2.17. The maximum Gasteiger partial charge on any atom is 0.207 e. The minimum absolute atomic E-state index is 0.257. The SMILES string of the molecule is COc1ccc(/C(=C/c2ccccc2)S(=O)(=O)c2ccccc2)cc1. The molecule has 0 saturated carbocycles. The zero-order valence-corrected chi connectivity index (χ0v) is 14.6. The van der Waals surface area contributed by atoms with Gasteiger partial charge in [0.25, 0.3) is 0 Å². The van der Waals surface area contributed by atoms with Gasteiger partial charge < -0.3 is 4.74 Å². The number of hydrogen-bond acceptors (Lipinski definition) is 3. The Morgan fingerprint density at radius 1 is 0.800 bits per heavy atom. The molecule has 0 aliphatic carbocycles. The van der Waals surface area contributed by atoms with Crippen LogP contribution in [0.25, 0.3) is 11.0 Å². The molecule has 0 aromatic heterocycles. The van der Waals surface area contributed by atoms with Crippen LogP contribution in [0.5, 0.6) is 5.75 Å². The monoisotopic (exact) mass is 350 g/mol. The van der Waals surface area contributed by atoms with Crippen LogP contribution in [0.15, 0.2) is 89.8 Å². The highest BCUT2D eigenvalue weighted by molar-refractivity contribution is 8.00. The standard InChI is InChI=1S/C21H18O3S/c1-24-19-14-12-18(13-15-19)21(16-17-8-4-2-5-9-17)25(22,23)20-10-6-3-7-11-20/h2-16H,1H3/b21-16-. The summed E-state index contributed by atoms with van der Waals surface area (Å²) in [5.74, 6) is 0.680. The number of hydrogen-bond donors (Lipinski definition) is 0. The summed E-state index contributed by atoms with van der Waals surface area (Å²) in [6.45, 7) is 0. The lowest BCUT2D eigenvalue weighted by molar-refractivity contribution is 0.415. The second-order valence-electron chi connectivity index (χ2n) is 5.46. The van der Waals surface area contributed by atoms with Gasteiger partial charge in [-0.15, -0.1) is 0 Å². The number of ether oxygens (including phenoxy) is 1. The van der Waals surface area contributed by atoms with Crippen molar-refractivity contribution < 1.29 is 13.2 Å². The zero-order chi connectivity index (χ0) is 17.7.